The van der Waals surface area contributed by atoms with E-state index in [1.54, 1.807) is 0 Å². The molecule has 1 aliphatic rings. The highest BCUT2D eigenvalue weighted by molar-refractivity contribution is 5.10. The van der Waals surface area contributed by atoms with Crippen LogP contribution in [0.25, 0.3) is 0 Å². The van der Waals surface area contributed by atoms with Gasteiger partial charge in [0, 0.05) is 31.0 Å². The first-order valence-corrected chi connectivity index (χ1v) is 7.63. The number of nitrogens with zero attached hydrogens (tertiary/aromatic N) is 2. The van der Waals surface area contributed by atoms with Crippen molar-refractivity contribution >= 4 is 0 Å². The normalized spacial score (nSPS) is 27.7. The van der Waals surface area contributed by atoms with Crippen molar-refractivity contribution in [3.05, 3.63) is 30.1 Å². The molecule has 2 rings (SSSR count). The van der Waals surface area contributed by atoms with Crippen molar-refractivity contribution in [2.45, 2.75) is 58.2 Å². The van der Waals surface area contributed by atoms with Crippen molar-refractivity contribution < 1.29 is 0 Å². The number of hydrogen-bond acceptors (Lipinski definition) is 3. The minimum absolute atomic E-state index is 0.338. The van der Waals surface area contributed by atoms with Crippen LogP contribution in [0.1, 0.15) is 45.1 Å². The molecule has 1 fully saturated rings. The molecule has 0 spiro atoms. The van der Waals surface area contributed by atoms with Crippen LogP contribution in [0.3, 0.4) is 0 Å². The molecule has 0 saturated heterocycles. The topological polar surface area (TPSA) is 42.1 Å². The quantitative estimate of drug-likeness (QED) is 0.886. The van der Waals surface area contributed by atoms with E-state index in [2.05, 4.69) is 35.9 Å². The van der Waals surface area contributed by atoms with E-state index < -0.39 is 0 Å². The summed E-state index contributed by atoms with van der Waals surface area (Å²) in [5, 5.41) is 0. The number of aromatic nitrogens is 1. The van der Waals surface area contributed by atoms with E-state index in [0.29, 0.717) is 12.1 Å². The van der Waals surface area contributed by atoms with E-state index in [-0.39, 0.29) is 0 Å². The van der Waals surface area contributed by atoms with E-state index in [9.17, 15) is 0 Å². The van der Waals surface area contributed by atoms with Crippen LogP contribution in [-0.2, 0) is 6.54 Å². The van der Waals surface area contributed by atoms with Crippen LogP contribution in [0, 0.1) is 5.92 Å². The summed E-state index contributed by atoms with van der Waals surface area (Å²) >= 11 is 0. The molecule has 1 saturated carbocycles. The van der Waals surface area contributed by atoms with Crippen molar-refractivity contribution in [2.24, 2.45) is 11.7 Å². The Morgan fingerprint density at radius 3 is 2.63 bits per heavy atom. The third-order valence-corrected chi connectivity index (χ3v) is 4.56. The van der Waals surface area contributed by atoms with Gasteiger partial charge in [0.05, 0.1) is 0 Å². The van der Waals surface area contributed by atoms with Gasteiger partial charge in [-0.3, -0.25) is 9.88 Å². The van der Waals surface area contributed by atoms with Crippen molar-refractivity contribution in [1.82, 2.24) is 9.88 Å². The number of rotatable bonds is 5. The lowest BCUT2D eigenvalue weighted by molar-refractivity contribution is 0.109. The Balaban J connectivity index is 2.03. The van der Waals surface area contributed by atoms with Gasteiger partial charge in [0.2, 0.25) is 0 Å². The summed E-state index contributed by atoms with van der Waals surface area (Å²) in [5.41, 5.74) is 7.71. The lowest BCUT2D eigenvalue weighted by Crippen LogP contribution is -2.50. The first-order valence-electron chi connectivity index (χ1n) is 7.63. The minimum atomic E-state index is 0.338. The molecule has 3 atom stereocenters. The zero-order valence-electron chi connectivity index (χ0n) is 12.3. The molecule has 1 aliphatic carbocycles. The second kappa shape index (κ2) is 7.01. The van der Waals surface area contributed by atoms with Gasteiger partial charge >= 0.3 is 0 Å². The molecule has 3 heteroatoms. The Morgan fingerprint density at radius 2 is 2.00 bits per heavy atom. The minimum Gasteiger partial charge on any atom is -0.326 e. The van der Waals surface area contributed by atoms with E-state index in [1.807, 2.05) is 12.4 Å². The van der Waals surface area contributed by atoms with Crippen LogP contribution in [0.5, 0.6) is 0 Å². The standard InChI is InChI=1S/C16H27N3/c1-3-13-5-6-15(17)16(11-13)19(4-2)12-14-7-9-18-10-8-14/h7-10,13,15-16H,3-6,11-12,17H2,1-2H3. The zero-order chi connectivity index (χ0) is 13.7. The summed E-state index contributed by atoms with van der Waals surface area (Å²) in [6.45, 7) is 6.60. The van der Waals surface area contributed by atoms with Crippen molar-refractivity contribution in [1.29, 1.82) is 0 Å². The predicted molar refractivity (Wildman–Crippen MR) is 79.7 cm³/mol. The van der Waals surface area contributed by atoms with Crippen LogP contribution in [0.2, 0.25) is 0 Å². The van der Waals surface area contributed by atoms with Crippen LogP contribution in [0.4, 0.5) is 0 Å². The maximum absolute atomic E-state index is 6.37. The van der Waals surface area contributed by atoms with Crippen molar-refractivity contribution in [2.75, 3.05) is 6.54 Å². The first kappa shape index (κ1) is 14.5. The summed E-state index contributed by atoms with van der Waals surface area (Å²) < 4.78 is 0. The summed E-state index contributed by atoms with van der Waals surface area (Å²) in [5.74, 6) is 0.858. The molecule has 1 aromatic heterocycles. The van der Waals surface area contributed by atoms with E-state index in [4.69, 9.17) is 5.73 Å². The molecular weight excluding hydrogens is 234 g/mol. The average Bonchev–Trinajstić information content (AvgIpc) is 2.47. The van der Waals surface area contributed by atoms with Gasteiger partial charge in [-0.2, -0.15) is 0 Å². The van der Waals surface area contributed by atoms with E-state index in [0.717, 1.165) is 19.0 Å². The van der Waals surface area contributed by atoms with Gasteiger partial charge in [-0.1, -0.05) is 20.3 Å². The average molecular weight is 261 g/mol. The molecule has 0 aromatic carbocycles. The second-order valence-electron chi connectivity index (χ2n) is 5.74. The molecule has 3 nitrogen and oxygen atoms in total. The van der Waals surface area contributed by atoms with Crippen molar-refractivity contribution in [3.8, 4) is 0 Å². The summed E-state index contributed by atoms with van der Waals surface area (Å²) in [4.78, 5) is 6.63. The monoisotopic (exact) mass is 261 g/mol. The number of hydrogen-bond donors (Lipinski definition) is 1. The molecule has 19 heavy (non-hydrogen) atoms. The third kappa shape index (κ3) is 3.77. The molecule has 0 amide bonds. The highest BCUT2D eigenvalue weighted by Gasteiger charge is 2.30. The second-order valence-corrected chi connectivity index (χ2v) is 5.74. The van der Waals surface area contributed by atoms with Gasteiger partial charge in [-0.25, -0.2) is 0 Å². The molecule has 1 heterocycles. The van der Waals surface area contributed by atoms with Gasteiger partial charge in [0.1, 0.15) is 0 Å². The Hall–Kier alpha value is -0.930. The molecule has 0 bridgehead atoms. The molecule has 1 aromatic rings. The smallest absolute Gasteiger partial charge is 0.0271 e. The summed E-state index contributed by atoms with van der Waals surface area (Å²) in [6, 6.07) is 5.09. The van der Waals surface area contributed by atoms with Gasteiger partial charge in [0.25, 0.3) is 0 Å². The van der Waals surface area contributed by atoms with Gasteiger partial charge in [-0.15, -0.1) is 0 Å². The fourth-order valence-electron chi connectivity index (χ4n) is 3.23. The Kier molecular flexibility index (Phi) is 5.34. The van der Waals surface area contributed by atoms with Gasteiger partial charge in [0.15, 0.2) is 0 Å². The fraction of sp³-hybridized carbons (Fsp3) is 0.688. The fourth-order valence-corrected chi connectivity index (χ4v) is 3.23. The summed E-state index contributed by atoms with van der Waals surface area (Å²) in [6.07, 6.45) is 8.78. The van der Waals surface area contributed by atoms with Crippen molar-refractivity contribution in [3.63, 3.8) is 0 Å². The highest BCUT2D eigenvalue weighted by Crippen LogP contribution is 2.29. The Labute approximate surface area is 117 Å². The molecule has 2 N–H and O–H groups in total. The Bertz CT molecular complexity index is 366. The number of likely N-dealkylation sites (N-methyl/N-ethyl adjacent to an activating group) is 1. The third-order valence-electron chi connectivity index (χ3n) is 4.56. The van der Waals surface area contributed by atoms with Gasteiger partial charge < -0.3 is 5.73 Å². The molecule has 0 aliphatic heterocycles. The van der Waals surface area contributed by atoms with Crippen LogP contribution in [-0.4, -0.2) is 28.5 Å². The van der Waals surface area contributed by atoms with E-state index in [1.165, 1.54) is 31.2 Å². The van der Waals surface area contributed by atoms with Crippen LogP contribution >= 0.6 is 0 Å². The first-order chi connectivity index (χ1) is 9.24. The highest BCUT2D eigenvalue weighted by atomic mass is 15.2. The Morgan fingerprint density at radius 1 is 1.26 bits per heavy atom. The number of pyridine rings is 1. The lowest BCUT2D eigenvalue weighted by atomic mass is 9.80. The van der Waals surface area contributed by atoms with E-state index >= 15 is 0 Å². The lowest BCUT2D eigenvalue weighted by Gasteiger charge is -2.41. The molecule has 0 radical (unpaired) electrons. The van der Waals surface area contributed by atoms with Crippen LogP contribution < -0.4 is 5.73 Å². The SMILES string of the molecule is CCC1CCC(N)C(N(CC)Cc2ccncc2)C1. The predicted octanol–water partition coefficient (Wildman–Crippen LogP) is 2.81. The maximum atomic E-state index is 6.37. The zero-order valence-corrected chi connectivity index (χ0v) is 12.3. The largest absolute Gasteiger partial charge is 0.326 e. The molecule has 3 unspecified atom stereocenters. The maximum Gasteiger partial charge on any atom is 0.0271 e. The van der Waals surface area contributed by atoms with Gasteiger partial charge in [-0.05, 0) is 49.4 Å². The summed E-state index contributed by atoms with van der Waals surface area (Å²) in [7, 11) is 0. The molecular formula is C16H27N3. The molecule has 106 valence electrons. The van der Waals surface area contributed by atoms with Crippen LogP contribution in [0.15, 0.2) is 24.5 Å². The number of nitrogens with two attached hydrogens (primary N) is 1.